The van der Waals surface area contributed by atoms with E-state index in [1.807, 2.05) is 13.0 Å². The molecule has 2 aromatic rings. The molecule has 88 valence electrons. The van der Waals surface area contributed by atoms with Gasteiger partial charge in [-0.15, -0.1) is 0 Å². The van der Waals surface area contributed by atoms with E-state index in [-0.39, 0.29) is 5.75 Å². The number of benzene rings is 2. The first-order valence-electron chi connectivity index (χ1n) is 5.23. The number of phenolic OH excluding ortho intramolecular Hbond substituents is 1. The molecule has 0 aliphatic heterocycles. The molecule has 0 saturated carbocycles. The number of ether oxygens (including phenoxy) is 1. The Labute approximate surface area is 99.6 Å². The molecule has 0 spiro atoms. The lowest BCUT2D eigenvalue weighted by atomic mass is 10.2. The van der Waals surface area contributed by atoms with Gasteiger partial charge in [-0.2, -0.15) is 0 Å². The number of nitrogens with one attached hydrogen (secondary N) is 1. The molecule has 4 N–H and O–H groups in total. The number of aryl methyl sites for hydroxylation is 1. The van der Waals surface area contributed by atoms with Crippen molar-refractivity contribution in [2.24, 2.45) is 5.84 Å². The minimum absolute atomic E-state index is 0.131. The van der Waals surface area contributed by atoms with Crippen LogP contribution in [0.4, 0.5) is 5.69 Å². The van der Waals surface area contributed by atoms with Crippen molar-refractivity contribution in [1.29, 1.82) is 0 Å². The van der Waals surface area contributed by atoms with Crippen molar-refractivity contribution >= 4 is 5.69 Å². The van der Waals surface area contributed by atoms with E-state index < -0.39 is 0 Å². The first kappa shape index (κ1) is 11.3. The number of anilines is 1. The SMILES string of the molecule is Cc1ccc(Oc2ccc(NN)cc2)c(O)c1. The molecule has 0 unspecified atom stereocenters. The Hall–Kier alpha value is -2.20. The third-order valence-electron chi connectivity index (χ3n) is 2.36. The molecule has 0 heterocycles. The summed E-state index contributed by atoms with van der Waals surface area (Å²) < 4.78 is 5.55. The molecule has 0 aliphatic carbocycles. The first-order valence-corrected chi connectivity index (χ1v) is 5.23. The Morgan fingerprint density at radius 3 is 2.41 bits per heavy atom. The highest BCUT2D eigenvalue weighted by atomic mass is 16.5. The number of hydrazine groups is 1. The fourth-order valence-electron chi connectivity index (χ4n) is 1.46. The van der Waals surface area contributed by atoms with Gasteiger partial charge in [-0.1, -0.05) is 6.07 Å². The van der Waals surface area contributed by atoms with Gasteiger partial charge in [0.2, 0.25) is 0 Å². The molecule has 0 amide bonds. The summed E-state index contributed by atoms with van der Waals surface area (Å²) in [7, 11) is 0. The van der Waals surface area contributed by atoms with Gasteiger partial charge in [0.15, 0.2) is 11.5 Å². The predicted molar refractivity (Wildman–Crippen MR) is 67.2 cm³/mol. The average Bonchev–Trinajstić information content (AvgIpc) is 2.34. The van der Waals surface area contributed by atoms with Gasteiger partial charge in [-0.05, 0) is 48.9 Å². The van der Waals surface area contributed by atoms with Gasteiger partial charge in [-0.25, -0.2) is 0 Å². The van der Waals surface area contributed by atoms with Crippen LogP contribution in [0.15, 0.2) is 42.5 Å². The second-order valence-corrected chi connectivity index (χ2v) is 3.74. The monoisotopic (exact) mass is 230 g/mol. The Balaban J connectivity index is 2.19. The standard InChI is InChI=1S/C13H14N2O2/c1-9-2-7-13(12(16)8-9)17-11-5-3-10(15-14)4-6-11/h2-8,15-16H,14H2,1H3. The van der Waals surface area contributed by atoms with E-state index in [0.29, 0.717) is 11.5 Å². The summed E-state index contributed by atoms with van der Waals surface area (Å²) in [6.45, 7) is 1.91. The van der Waals surface area contributed by atoms with Crippen molar-refractivity contribution in [2.75, 3.05) is 5.43 Å². The summed E-state index contributed by atoms with van der Waals surface area (Å²) in [6.07, 6.45) is 0. The van der Waals surface area contributed by atoms with Crippen LogP contribution in [0.1, 0.15) is 5.56 Å². The van der Waals surface area contributed by atoms with Crippen LogP contribution in [-0.2, 0) is 0 Å². The summed E-state index contributed by atoms with van der Waals surface area (Å²) >= 11 is 0. The van der Waals surface area contributed by atoms with Crippen molar-refractivity contribution in [1.82, 2.24) is 0 Å². The zero-order valence-corrected chi connectivity index (χ0v) is 9.47. The number of phenols is 1. The van der Waals surface area contributed by atoms with Gasteiger partial charge in [-0.3, -0.25) is 5.84 Å². The normalized spacial score (nSPS) is 10.0. The Morgan fingerprint density at radius 2 is 1.82 bits per heavy atom. The predicted octanol–water partition coefficient (Wildman–Crippen LogP) is 2.78. The van der Waals surface area contributed by atoms with E-state index in [1.54, 1.807) is 36.4 Å². The summed E-state index contributed by atoms with van der Waals surface area (Å²) in [5.74, 6) is 6.47. The van der Waals surface area contributed by atoms with Gasteiger partial charge in [0.05, 0.1) is 0 Å². The molecule has 0 radical (unpaired) electrons. The quantitative estimate of drug-likeness (QED) is 0.560. The van der Waals surface area contributed by atoms with E-state index in [1.165, 1.54) is 0 Å². The summed E-state index contributed by atoms with van der Waals surface area (Å²) in [6, 6.07) is 12.4. The molecule has 0 atom stereocenters. The number of nitrogen functional groups attached to an aromatic ring is 1. The number of rotatable bonds is 3. The fourth-order valence-corrected chi connectivity index (χ4v) is 1.46. The molecule has 0 bridgehead atoms. The van der Waals surface area contributed by atoms with Crippen molar-refractivity contribution in [3.05, 3.63) is 48.0 Å². The molecule has 17 heavy (non-hydrogen) atoms. The van der Waals surface area contributed by atoms with Crippen LogP contribution >= 0.6 is 0 Å². The topological polar surface area (TPSA) is 67.5 Å². The lowest BCUT2D eigenvalue weighted by Crippen LogP contribution is -2.05. The molecular weight excluding hydrogens is 216 g/mol. The van der Waals surface area contributed by atoms with Gasteiger partial charge in [0.25, 0.3) is 0 Å². The van der Waals surface area contributed by atoms with Crippen LogP contribution in [-0.4, -0.2) is 5.11 Å². The van der Waals surface area contributed by atoms with E-state index in [0.717, 1.165) is 11.3 Å². The molecule has 4 nitrogen and oxygen atoms in total. The van der Waals surface area contributed by atoms with E-state index >= 15 is 0 Å². The molecule has 2 rings (SSSR count). The van der Waals surface area contributed by atoms with Gasteiger partial charge in [0, 0.05) is 5.69 Å². The first-order chi connectivity index (χ1) is 8.19. The largest absolute Gasteiger partial charge is 0.504 e. The summed E-state index contributed by atoms with van der Waals surface area (Å²) in [4.78, 5) is 0. The minimum Gasteiger partial charge on any atom is -0.504 e. The third-order valence-corrected chi connectivity index (χ3v) is 2.36. The van der Waals surface area contributed by atoms with Crippen molar-refractivity contribution in [3.63, 3.8) is 0 Å². The van der Waals surface area contributed by atoms with E-state index in [2.05, 4.69) is 5.43 Å². The molecule has 0 saturated heterocycles. The van der Waals surface area contributed by atoms with Crippen LogP contribution in [0.2, 0.25) is 0 Å². The average molecular weight is 230 g/mol. The fraction of sp³-hybridized carbons (Fsp3) is 0.0769. The van der Waals surface area contributed by atoms with Crippen molar-refractivity contribution in [2.45, 2.75) is 6.92 Å². The molecule has 2 aromatic carbocycles. The van der Waals surface area contributed by atoms with Gasteiger partial charge in [0.1, 0.15) is 5.75 Å². The van der Waals surface area contributed by atoms with Crippen LogP contribution in [0.3, 0.4) is 0 Å². The van der Waals surface area contributed by atoms with Gasteiger partial charge >= 0.3 is 0 Å². The lowest BCUT2D eigenvalue weighted by molar-refractivity contribution is 0.411. The van der Waals surface area contributed by atoms with Crippen LogP contribution in [0.5, 0.6) is 17.2 Å². The van der Waals surface area contributed by atoms with Gasteiger partial charge < -0.3 is 15.3 Å². The third kappa shape index (κ3) is 2.68. The summed E-state index contributed by atoms with van der Waals surface area (Å²) in [5, 5.41) is 9.70. The highest BCUT2D eigenvalue weighted by Crippen LogP contribution is 2.31. The molecule has 0 aliphatic rings. The zero-order chi connectivity index (χ0) is 12.3. The molecule has 0 aromatic heterocycles. The van der Waals surface area contributed by atoms with Crippen LogP contribution < -0.4 is 16.0 Å². The van der Waals surface area contributed by atoms with E-state index in [9.17, 15) is 5.11 Å². The summed E-state index contributed by atoms with van der Waals surface area (Å²) in [5.41, 5.74) is 4.31. The smallest absolute Gasteiger partial charge is 0.169 e. The Bertz CT molecular complexity index is 509. The maximum atomic E-state index is 9.70. The Kier molecular flexibility index (Phi) is 3.16. The van der Waals surface area contributed by atoms with Crippen molar-refractivity contribution in [3.8, 4) is 17.2 Å². The molecule has 4 heteroatoms. The van der Waals surface area contributed by atoms with Crippen molar-refractivity contribution < 1.29 is 9.84 Å². The van der Waals surface area contributed by atoms with Crippen LogP contribution in [0, 0.1) is 6.92 Å². The maximum absolute atomic E-state index is 9.70. The molecular formula is C13H14N2O2. The van der Waals surface area contributed by atoms with E-state index in [4.69, 9.17) is 10.6 Å². The highest BCUT2D eigenvalue weighted by molar-refractivity contribution is 5.48. The number of nitrogens with two attached hydrogens (primary N) is 1. The highest BCUT2D eigenvalue weighted by Gasteiger charge is 2.03. The molecule has 0 fully saturated rings. The Morgan fingerprint density at radius 1 is 1.12 bits per heavy atom. The number of hydrogen-bond acceptors (Lipinski definition) is 4. The number of hydrogen-bond donors (Lipinski definition) is 3. The minimum atomic E-state index is 0.131. The second-order valence-electron chi connectivity index (χ2n) is 3.74. The van der Waals surface area contributed by atoms with Crippen LogP contribution in [0.25, 0.3) is 0 Å². The maximum Gasteiger partial charge on any atom is 0.169 e. The zero-order valence-electron chi connectivity index (χ0n) is 9.47. The number of aromatic hydroxyl groups is 1. The second kappa shape index (κ2) is 4.76. The lowest BCUT2D eigenvalue weighted by Gasteiger charge is -2.08.